The molecule has 0 radical (unpaired) electrons. The Morgan fingerprint density at radius 2 is 1.29 bits per heavy atom. The average molecular weight is 551 g/mol. The van der Waals surface area contributed by atoms with E-state index in [9.17, 15) is 0 Å². The Kier molecular flexibility index (Phi) is 6.28. The Bertz CT molecular complexity index is 2030. The minimum atomic E-state index is 0.338. The quantitative estimate of drug-likeness (QED) is 0.208. The highest BCUT2D eigenvalue weighted by Crippen LogP contribution is 2.42. The van der Waals surface area contributed by atoms with Gasteiger partial charge in [-0.1, -0.05) is 88.4 Å². The molecule has 0 saturated carbocycles. The summed E-state index contributed by atoms with van der Waals surface area (Å²) in [7, 11) is 0. The van der Waals surface area contributed by atoms with Crippen LogP contribution in [-0.4, -0.2) is 9.55 Å². The van der Waals surface area contributed by atoms with Crippen LogP contribution in [0.3, 0.4) is 0 Å². The largest absolute Gasteiger partial charge is 0.292 e. The number of fused-ring (bicyclic) bond motifs is 4. The van der Waals surface area contributed by atoms with Crippen molar-refractivity contribution < 1.29 is 0 Å². The first-order chi connectivity index (χ1) is 19.9. The van der Waals surface area contributed by atoms with Gasteiger partial charge >= 0.3 is 0 Å². The molecule has 0 fully saturated rings. The van der Waals surface area contributed by atoms with E-state index in [1.807, 2.05) is 11.3 Å². The fourth-order valence-electron chi connectivity index (χ4n) is 6.19. The van der Waals surface area contributed by atoms with E-state index >= 15 is 0 Å². The van der Waals surface area contributed by atoms with Crippen LogP contribution in [0.4, 0.5) is 0 Å². The monoisotopic (exact) mass is 550 g/mol. The lowest BCUT2D eigenvalue weighted by Gasteiger charge is -2.24. The third kappa shape index (κ3) is 4.27. The molecule has 7 aromatic rings. The van der Waals surface area contributed by atoms with Crippen molar-refractivity contribution >= 4 is 42.5 Å². The van der Waals surface area contributed by atoms with E-state index < -0.39 is 0 Å². The number of nitrogens with zero attached hydrogens (tertiary/aromatic N) is 2. The lowest BCUT2D eigenvalue weighted by Crippen LogP contribution is -2.09. The summed E-state index contributed by atoms with van der Waals surface area (Å²) in [5, 5.41) is 2.63. The van der Waals surface area contributed by atoms with Gasteiger partial charge < -0.3 is 0 Å². The second kappa shape index (κ2) is 10.0. The number of thiophene rings is 1. The van der Waals surface area contributed by atoms with Crippen molar-refractivity contribution in [2.75, 3.05) is 0 Å². The standard InChI is InChI=1S/C38H34N2S/c1-23(2)30-20-27(26-13-7-6-8-14-26)21-31(24(3)4)36(30)40-34-17-11-10-16-33(34)39-38(40)28-19-25(5)37-32(22-28)29-15-9-12-18-35(29)41-37/h6-24H,1-5H3. The van der Waals surface area contributed by atoms with E-state index in [4.69, 9.17) is 4.98 Å². The van der Waals surface area contributed by atoms with E-state index in [-0.39, 0.29) is 0 Å². The van der Waals surface area contributed by atoms with E-state index in [0.717, 1.165) is 22.4 Å². The van der Waals surface area contributed by atoms with Gasteiger partial charge in [0, 0.05) is 25.7 Å². The minimum absolute atomic E-state index is 0.338. The van der Waals surface area contributed by atoms with Gasteiger partial charge in [-0.25, -0.2) is 4.98 Å². The number of benzene rings is 5. The van der Waals surface area contributed by atoms with Crippen molar-refractivity contribution in [3.63, 3.8) is 0 Å². The second-order valence-electron chi connectivity index (χ2n) is 11.7. The maximum Gasteiger partial charge on any atom is 0.145 e. The molecule has 3 heteroatoms. The van der Waals surface area contributed by atoms with Gasteiger partial charge in [0.1, 0.15) is 5.82 Å². The summed E-state index contributed by atoms with van der Waals surface area (Å²) >= 11 is 1.88. The summed E-state index contributed by atoms with van der Waals surface area (Å²) in [6, 6.07) is 37.6. The summed E-state index contributed by atoms with van der Waals surface area (Å²) < 4.78 is 5.14. The van der Waals surface area contributed by atoms with Gasteiger partial charge in [-0.2, -0.15) is 0 Å². The molecule has 0 unspecified atom stereocenters. The van der Waals surface area contributed by atoms with Crippen molar-refractivity contribution in [3.8, 4) is 28.2 Å². The summed E-state index contributed by atoms with van der Waals surface area (Å²) in [6.45, 7) is 11.5. The van der Waals surface area contributed by atoms with Gasteiger partial charge in [0.05, 0.1) is 16.7 Å². The van der Waals surface area contributed by atoms with Crippen molar-refractivity contribution in [1.29, 1.82) is 0 Å². The van der Waals surface area contributed by atoms with Gasteiger partial charge in [-0.05, 0) is 89.0 Å². The fraction of sp³-hybridized carbons (Fsp3) is 0.184. The molecule has 0 aliphatic rings. The van der Waals surface area contributed by atoms with Crippen LogP contribution in [0.2, 0.25) is 0 Å². The lowest BCUT2D eigenvalue weighted by molar-refractivity contribution is 0.811. The Morgan fingerprint density at radius 3 is 2.02 bits per heavy atom. The number of para-hydroxylation sites is 2. The molecule has 2 nitrogen and oxygen atoms in total. The Hall–Kier alpha value is -4.21. The predicted molar refractivity (Wildman–Crippen MR) is 178 cm³/mol. The molecule has 202 valence electrons. The van der Waals surface area contributed by atoms with Gasteiger partial charge in [0.2, 0.25) is 0 Å². The number of aryl methyl sites for hydroxylation is 1. The molecule has 0 amide bonds. The molecule has 0 saturated heterocycles. The third-order valence-corrected chi connectivity index (χ3v) is 9.55. The van der Waals surface area contributed by atoms with Crippen molar-refractivity contribution in [1.82, 2.24) is 9.55 Å². The molecule has 5 aromatic carbocycles. The maximum atomic E-state index is 5.32. The zero-order valence-corrected chi connectivity index (χ0v) is 25.1. The highest BCUT2D eigenvalue weighted by atomic mass is 32.1. The molecule has 0 spiro atoms. The first-order valence-corrected chi connectivity index (χ1v) is 15.4. The summed E-state index contributed by atoms with van der Waals surface area (Å²) in [5.74, 6) is 1.68. The predicted octanol–water partition coefficient (Wildman–Crippen LogP) is 11.3. The van der Waals surface area contributed by atoms with Crippen LogP contribution in [0, 0.1) is 6.92 Å². The van der Waals surface area contributed by atoms with Gasteiger partial charge in [0.15, 0.2) is 0 Å². The zero-order valence-electron chi connectivity index (χ0n) is 24.3. The lowest BCUT2D eigenvalue weighted by atomic mass is 9.88. The first-order valence-electron chi connectivity index (χ1n) is 14.5. The molecule has 2 heterocycles. The number of aromatic nitrogens is 2. The number of hydrogen-bond donors (Lipinski definition) is 0. The molecule has 7 rings (SSSR count). The van der Waals surface area contributed by atoms with Gasteiger partial charge in [0.25, 0.3) is 0 Å². The topological polar surface area (TPSA) is 17.8 Å². The van der Waals surface area contributed by atoms with Crippen molar-refractivity contribution in [3.05, 3.63) is 120 Å². The normalized spacial score (nSPS) is 12.0. The van der Waals surface area contributed by atoms with Crippen LogP contribution in [0.15, 0.2) is 103 Å². The fourth-order valence-corrected chi connectivity index (χ4v) is 7.34. The van der Waals surface area contributed by atoms with Crippen LogP contribution in [0.25, 0.3) is 59.4 Å². The molecule has 0 aliphatic carbocycles. The van der Waals surface area contributed by atoms with Crippen LogP contribution in [0.1, 0.15) is 56.2 Å². The second-order valence-corrected chi connectivity index (χ2v) is 12.8. The third-order valence-electron chi connectivity index (χ3n) is 8.23. The van der Waals surface area contributed by atoms with E-state index in [0.29, 0.717) is 11.8 Å². The van der Waals surface area contributed by atoms with Crippen LogP contribution >= 0.6 is 11.3 Å². The highest BCUT2D eigenvalue weighted by molar-refractivity contribution is 7.26. The Labute approximate surface area is 245 Å². The average Bonchev–Trinajstić information content (AvgIpc) is 3.56. The number of hydrogen-bond acceptors (Lipinski definition) is 2. The number of imidazole rings is 1. The van der Waals surface area contributed by atoms with Crippen LogP contribution in [0.5, 0.6) is 0 Å². The van der Waals surface area contributed by atoms with Crippen molar-refractivity contribution in [2.24, 2.45) is 0 Å². The van der Waals surface area contributed by atoms with Crippen LogP contribution < -0.4 is 0 Å². The van der Waals surface area contributed by atoms with E-state index in [2.05, 4.69) is 142 Å². The first kappa shape index (κ1) is 25.7. The molecule has 0 N–H and O–H groups in total. The summed E-state index contributed by atoms with van der Waals surface area (Å²) in [4.78, 5) is 5.32. The smallest absolute Gasteiger partial charge is 0.145 e. The molecule has 2 aromatic heterocycles. The zero-order chi connectivity index (χ0) is 28.2. The summed E-state index contributed by atoms with van der Waals surface area (Å²) in [5.41, 5.74) is 11.1. The Morgan fingerprint density at radius 1 is 0.634 bits per heavy atom. The molecule has 0 atom stereocenters. The minimum Gasteiger partial charge on any atom is -0.292 e. The molecule has 0 aliphatic heterocycles. The highest BCUT2D eigenvalue weighted by Gasteiger charge is 2.24. The summed E-state index contributed by atoms with van der Waals surface area (Å²) in [6.07, 6.45) is 0. The SMILES string of the molecule is Cc1cc(-c2nc3ccccc3n2-c2c(C(C)C)cc(-c3ccccc3)cc2C(C)C)cc2c1sc1ccccc12. The van der Waals surface area contributed by atoms with Gasteiger partial charge in [-0.15, -0.1) is 11.3 Å². The van der Waals surface area contributed by atoms with Crippen LogP contribution in [-0.2, 0) is 0 Å². The van der Waals surface area contributed by atoms with E-state index in [1.54, 1.807) is 0 Å². The molecular formula is C38H34N2S. The Balaban J connectivity index is 1.57. The van der Waals surface area contributed by atoms with Crippen molar-refractivity contribution in [2.45, 2.75) is 46.5 Å². The van der Waals surface area contributed by atoms with E-state index in [1.165, 1.54) is 53.7 Å². The molecule has 0 bridgehead atoms. The van der Waals surface area contributed by atoms with Gasteiger partial charge in [-0.3, -0.25) is 4.57 Å². The molecular weight excluding hydrogens is 516 g/mol. The molecule has 41 heavy (non-hydrogen) atoms. The number of rotatable bonds is 5. The maximum absolute atomic E-state index is 5.32.